The largest absolute Gasteiger partial charge is 0.399 e. The smallest absolute Gasteiger partial charge is 0.240 e. The van der Waals surface area contributed by atoms with E-state index in [9.17, 15) is 8.42 Å². The molecule has 1 aromatic rings. The summed E-state index contributed by atoms with van der Waals surface area (Å²) in [4.78, 5) is 0.237. The minimum atomic E-state index is -3.48. The first kappa shape index (κ1) is 16.0. The number of rotatable bonds is 6. The molecule has 0 bridgehead atoms. The fourth-order valence-electron chi connectivity index (χ4n) is 1.91. The summed E-state index contributed by atoms with van der Waals surface area (Å²) in [7, 11) is -3.48. The summed E-state index contributed by atoms with van der Waals surface area (Å²) < 4.78 is 27.1. The number of nitrogens with one attached hydrogen (secondary N) is 1. The monoisotopic (exact) mass is 284 g/mol. The zero-order valence-corrected chi connectivity index (χ0v) is 12.9. The van der Waals surface area contributed by atoms with Crippen molar-refractivity contribution in [3.63, 3.8) is 0 Å². The Morgan fingerprint density at radius 1 is 1.16 bits per heavy atom. The van der Waals surface area contributed by atoms with E-state index in [2.05, 4.69) is 18.6 Å². The van der Waals surface area contributed by atoms with Gasteiger partial charge in [-0.15, -0.1) is 0 Å². The minimum absolute atomic E-state index is 0.0749. The van der Waals surface area contributed by atoms with E-state index in [1.807, 2.05) is 13.8 Å². The van der Waals surface area contributed by atoms with E-state index in [-0.39, 0.29) is 10.9 Å². The maximum absolute atomic E-state index is 12.2. The van der Waals surface area contributed by atoms with E-state index in [0.717, 1.165) is 18.4 Å². The van der Waals surface area contributed by atoms with Crippen LogP contribution in [0.15, 0.2) is 23.1 Å². The molecule has 1 unspecified atom stereocenters. The lowest BCUT2D eigenvalue weighted by atomic mass is 10.1. The van der Waals surface area contributed by atoms with Gasteiger partial charge in [-0.2, -0.15) is 0 Å². The van der Waals surface area contributed by atoms with Crippen LogP contribution in [0, 0.1) is 12.8 Å². The molecule has 3 N–H and O–H groups in total. The summed E-state index contributed by atoms with van der Waals surface area (Å²) >= 11 is 0. The molecule has 1 aromatic carbocycles. The summed E-state index contributed by atoms with van der Waals surface area (Å²) in [5.41, 5.74) is 7.00. The van der Waals surface area contributed by atoms with Crippen LogP contribution in [-0.2, 0) is 10.0 Å². The molecule has 0 radical (unpaired) electrons. The maximum atomic E-state index is 12.2. The summed E-state index contributed by atoms with van der Waals surface area (Å²) in [6.07, 6.45) is 1.83. The molecule has 0 aliphatic heterocycles. The molecule has 0 spiro atoms. The highest BCUT2D eigenvalue weighted by Gasteiger charge is 2.18. The average Bonchev–Trinajstić information content (AvgIpc) is 2.24. The molecule has 0 saturated carbocycles. The highest BCUT2D eigenvalue weighted by Crippen LogP contribution is 2.17. The second kappa shape index (κ2) is 6.39. The van der Waals surface area contributed by atoms with Gasteiger partial charge < -0.3 is 5.73 Å². The molecule has 1 rings (SSSR count). The van der Waals surface area contributed by atoms with Crippen molar-refractivity contribution in [1.29, 1.82) is 0 Å². The van der Waals surface area contributed by atoms with Crippen LogP contribution in [0.25, 0.3) is 0 Å². The van der Waals surface area contributed by atoms with Crippen molar-refractivity contribution in [1.82, 2.24) is 4.72 Å². The number of sulfonamides is 1. The number of aryl methyl sites for hydroxylation is 1. The number of nitrogens with two attached hydrogens (primary N) is 1. The van der Waals surface area contributed by atoms with E-state index in [1.165, 1.54) is 6.07 Å². The third-order valence-corrected chi connectivity index (χ3v) is 4.49. The van der Waals surface area contributed by atoms with Gasteiger partial charge in [-0.25, -0.2) is 13.1 Å². The highest BCUT2D eigenvalue weighted by atomic mass is 32.2. The summed E-state index contributed by atoms with van der Waals surface area (Å²) in [5.74, 6) is 0.571. The minimum Gasteiger partial charge on any atom is -0.399 e. The first-order valence-electron chi connectivity index (χ1n) is 6.60. The molecular weight excluding hydrogens is 260 g/mol. The Hall–Kier alpha value is -1.07. The number of hydrogen-bond donors (Lipinski definition) is 2. The second-order valence-corrected chi connectivity index (χ2v) is 7.29. The SMILES string of the molecule is Cc1cc(N)cc(S(=O)(=O)NC(C)CCC(C)C)c1. The fourth-order valence-corrected chi connectivity index (χ4v) is 3.32. The third-order valence-electron chi connectivity index (χ3n) is 2.92. The van der Waals surface area contributed by atoms with Gasteiger partial charge >= 0.3 is 0 Å². The number of nitrogen functional groups attached to an aromatic ring is 1. The Labute approximate surface area is 116 Å². The Kier molecular flexibility index (Phi) is 5.38. The van der Waals surface area contributed by atoms with Gasteiger partial charge in [-0.1, -0.05) is 13.8 Å². The lowest BCUT2D eigenvalue weighted by Gasteiger charge is -2.16. The van der Waals surface area contributed by atoms with E-state index >= 15 is 0 Å². The van der Waals surface area contributed by atoms with Gasteiger partial charge in [0.2, 0.25) is 10.0 Å². The van der Waals surface area contributed by atoms with Gasteiger partial charge in [-0.05, 0) is 56.4 Å². The predicted octanol–water partition coefficient (Wildman–Crippen LogP) is 2.68. The van der Waals surface area contributed by atoms with Crippen molar-refractivity contribution in [3.05, 3.63) is 23.8 Å². The van der Waals surface area contributed by atoms with Crippen LogP contribution in [0.2, 0.25) is 0 Å². The molecule has 0 fully saturated rings. The van der Waals surface area contributed by atoms with Gasteiger partial charge in [0, 0.05) is 11.7 Å². The molecule has 0 aromatic heterocycles. The molecule has 108 valence electrons. The van der Waals surface area contributed by atoms with Crippen molar-refractivity contribution in [3.8, 4) is 0 Å². The zero-order chi connectivity index (χ0) is 14.6. The van der Waals surface area contributed by atoms with Crippen molar-refractivity contribution in [2.24, 2.45) is 5.92 Å². The molecule has 5 heteroatoms. The molecule has 0 amide bonds. The molecular formula is C14H24N2O2S. The van der Waals surface area contributed by atoms with Gasteiger partial charge in [0.25, 0.3) is 0 Å². The summed E-state index contributed by atoms with van der Waals surface area (Å²) in [6.45, 7) is 7.97. The Morgan fingerprint density at radius 3 is 2.32 bits per heavy atom. The Balaban J connectivity index is 2.80. The molecule has 19 heavy (non-hydrogen) atoms. The standard InChI is InChI=1S/C14H24N2O2S/c1-10(2)5-6-12(4)16-19(17,18)14-8-11(3)7-13(15)9-14/h7-10,12,16H,5-6,15H2,1-4H3. The lowest BCUT2D eigenvalue weighted by molar-refractivity contribution is 0.485. The van der Waals surface area contributed by atoms with Crippen molar-refractivity contribution in [2.45, 2.75) is 51.5 Å². The van der Waals surface area contributed by atoms with Gasteiger partial charge in [0.05, 0.1) is 4.90 Å². The molecule has 0 saturated heterocycles. The Morgan fingerprint density at radius 2 is 1.79 bits per heavy atom. The molecule has 0 aliphatic rings. The number of benzene rings is 1. The fraction of sp³-hybridized carbons (Fsp3) is 0.571. The van der Waals surface area contributed by atoms with Crippen LogP contribution in [0.1, 0.15) is 39.2 Å². The van der Waals surface area contributed by atoms with Crippen LogP contribution in [0.4, 0.5) is 5.69 Å². The van der Waals surface area contributed by atoms with Gasteiger partial charge in [-0.3, -0.25) is 0 Å². The maximum Gasteiger partial charge on any atom is 0.240 e. The zero-order valence-electron chi connectivity index (χ0n) is 12.1. The van der Waals surface area contributed by atoms with Crippen LogP contribution in [-0.4, -0.2) is 14.5 Å². The van der Waals surface area contributed by atoms with Crippen LogP contribution in [0.5, 0.6) is 0 Å². The van der Waals surface area contributed by atoms with Crippen molar-refractivity contribution < 1.29 is 8.42 Å². The molecule has 0 aliphatic carbocycles. The first-order chi connectivity index (χ1) is 8.70. The topological polar surface area (TPSA) is 72.2 Å². The number of anilines is 1. The first-order valence-corrected chi connectivity index (χ1v) is 8.08. The van der Waals surface area contributed by atoms with E-state index in [4.69, 9.17) is 5.73 Å². The summed E-state index contributed by atoms with van der Waals surface area (Å²) in [6, 6.07) is 4.80. The van der Waals surface area contributed by atoms with Crippen LogP contribution >= 0.6 is 0 Å². The normalized spacial score (nSPS) is 13.7. The van der Waals surface area contributed by atoms with Crippen molar-refractivity contribution in [2.75, 3.05) is 5.73 Å². The second-order valence-electron chi connectivity index (χ2n) is 5.57. The molecule has 1 atom stereocenters. The van der Waals surface area contributed by atoms with Crippen molar-refractivity contribution >= 4 is 15.7 Å². The van der Waals surface area contributed by atoms with Gasteiger partial charge in [0.1, 0.15) is 0 Å². The average molecular weight is 284 g/mol. The van der Waals surface area contributed by atoms with Crippen LogP contribution < -0.4 is 10.5 Å². The molecule has 4 nitrogen and oxygen atoms in total. The van der Waals surface area contributed by atoms with E-state index in [0.29, 0.717) is 11.6 Å². The third kappa shape index (κ3) is 5.20. The predicted molar refractivity (Wildman–Crippen MR) is 79.4 cm³/mol. The lowest BCUT2D eigenvalue weighted by Crippen LogP contribution is -2.32. The van der Waals surface area contributed by atoms with E-state index < -0.39 is 10.0 Å². The highest BCUT2D eigenvalue weighted by molar-refractivity contribution is 7.89. The number of hydrogen-bond acceptors (Lipinski definition) is 3. The van der Waals surface area contributed by atoms with E-state index in [1.54, 1.807) is 12.1 Å². The van der Waals surface area contributed by atoms with Crippen LogP contribution in [0.3, 0.4) is 0 Å². The Bertz CT molecular complexity index is 504. The molecule has 0 heterocycles. The quantitative estimate of drug-likeness (QED) is 0.789. The van der Waals surface area contributed by atoms with Gasteiger partial charge in [0.15, 0.2) is 0 Å². The summed E-state index contributed by atoms with van der Waals surface area (Å²) in [5, 5.41) is 0.